The number of carbonyl (C=O) groups excluding carboxylic acids is 3. The molecule has 1 aromatic carbocycles. The standard InChI is InChI=1S/C22H29N5O3.C3H4.C2H3N.C2H6/c1-4-20(28)23-12-26-11-14(3)27-19(22(26)30)10-18(25-27)16-8-5-13(2)9-17(16)24-21(29)15-6-7-15;1-3-2;1-2-3;1-2/h5,8-10,14-15,18,25H,4,6-7,11-12H2,1-3H3,(H,23,28)(H,24,29);1H,2H3;1H,3H2;1-2H3. The lowest BCUT2D eigenvalue weighted by Gasteiger charge is -2.39. The average Bonchev–Trinajstić information content (AvgIpc) is 3.66. The van der Waals surface area contributed by atoms with Crippen molar-refractivity contribution in [1.82, 2.24) is 20.7 Å². The van der Waals surface area contributed by atoms with Crippen LogP contribution >= 0.6 is 0 Å². The number of hydrogen-bond donors (Lipinski definition) is 4. The van der Waals surface area contributed by atoms with E-state index in [1.54, 1.807) is 24.8 Å². The summed E-state index contributed by atoms with van der Waals surface area (Å²) in [4.78, 5) is 38.6. The number of rotatable bonds is 6. The molecule has 2 aliphatic heterocycles. The van der Waals surface area contributed by atoms with Gasteiger partial charge in [-0.25, -0.2) is 5.43 Å². The van der Waals surface area contributed by atoms with Gasteiger partial charge in [-0.15, -0.1) is 12.3 Å². The van der Waals surface area contributed by atoms with Gasteiger partial charge in [0, 0.05) is 24.6 Å². The van der Waals surface area contributed by atoms with Crippen molar-refractivity contribution in [2.75, 3.05) is 18.5 Å². The summed E-state index contributed by atoms with van der Waals surface area (Å²) in [6.07, 6.45) is 13.2. The van der Waals surface area contributed by atoms with Gasteiger partial charge < -0.3 is 21.3 Å². The molecule has 9 heteroatoms. The van der Waals surface area contributed by atoms with E-state index in [-0.39, 0.29) is 42.4 Å². The molecule has 0 spiro atoms. The van der Waals surface area contributed by atoms with Gasteiger partial charge in [0.15, 0.2) is 0 Å². The third-order valence-electron chi connectivity index (χ3n) is 5.83. The smallest absolute Gasteiger partial charge is 0.272 e. The van der Waals surface area contributed by atoms with E-state index < -0.39 is 0 Å². The van der Waals surface area contributed by atoms with E-state index in [1.807, 2.05) is 57.0 Å². The molecule has 1 saturated heterocycles. The second-order valence-corrected chi connectivity index (χ2v) is 8.83. The molecular formula is C29H42N6O3. The van der Waals surface area contributed by atoms with Crippen molar-refractivity contribution < 1.29 is 14.4 Å². The summed E-state index contributed by atoms with van der Waals surface area (Å²) in [6.45, 7) is 12.2. The monoisotopic (exact) mass is 522 g/mol. The summed E-state index contributed by atoms with van der Waals surface area (Å²) in [7, 11) is 0. The molecule has 4 rings (SSSR count). The van der Waals surface area contributed by atoms with Crippen LogP contribution in [0.2, 0.25) is 0 Å². The molecule has 2 unspecified atom stereocenters. The van der Waals surface area contributed by atoms with Crippen LogP contribution in [-0.4, -0.2) is 46.9 Å². The summed E-state index contributed by atoms with van der Waals surface area (Å²) in [6, 6.07) is 7.57. The highest BCUT2D eigenvalue weighted by molar-refractivity contribution is 5.96. The zero-order valence-corrected chi connectivity index (χ0v) is 23.4. The zero-order chi connectivity index (χ0) is 28.8. The SMILES string of the molecule is C#CC.C#CN.CC.CCC(=O)NCN1CC(C)N2NC(c3ccc(C)cc3NC(=O)C3CC3)C=C2C1=O. The van der Waals surface area contributed by atoms with E-state index in [0.717, 1.165) is 29.7 Å². The Morgan fingerprint density at radius 2 is 1.84 bits per heavy atom. The lowest BCUT2D eigenvalue weighted by atomic mass is 10.0. The third-order valence-corrected chi connectivity index (χ3v) is 5.83. The van der Waals surface area contributed by atoms with Crippen molar-refractivity contribution in [3.63, 3.8) is 0 Å². The molecule has 206 valence electrons. The molecule has 2 fully saturated rings. The largest absolute Gasteiger partial charge is 0.360 e. The number of hydrazine groups is 1. The molecule has 1 aliphatic carbocycles. The van der Waals surface area contributed by atoms with E-state index in [1.165, 1.54) is 0 Å². The van der Waals surface area contributed by atoms with Crippen molar-refractivity contribution >= 4 is 23.4 Å². The van der Waals surface area contributed by atoms with E-state index in [4.69, 9.17) is 0 Å². The van der Waals surface area contributed by atoms with Crippen molar-refractivity contribution in [3.8, 4) is 24.8 Å². The zero-order valence-electron chi connectivity index (χ0n) is 23.4. The summed E-state index contributed by atoms with van der Waals surface area (Å²) in [5.74, 6) is 2.24. The fraction of sp³-hybridized carbons (Fsp3) is 0.483. The maximum absolute atomic E-state index is 13.0. The molecule has 1 saturated carbocycles. The Hall–Kier alpha value is -3.95. The lowest BCUT2D eigenvalue weighted by Crippen LogP contribution is -2.57. The molecule has 9 nitrogen and oxygen atoms in total. The second-order valence-electron chi connectivity index (χ2n) is 8.83. The highest BCUT2D eigenvalue weighted by Crippen LogP contribution is 2.35. The van der Waals surface area contributed by atoms with Crippen molar-refractivity contribution in [2.24, 2.45) is 11.7 Å². The molecule has 2 heterocycles. The van der Waals surface area contributed by atoms with Gasteiger partial charge in [0.2, 0.25) is 11.8 Å². The van der Waals surface area contributed by atoms with Gasteiger partial charge in [-0.3, -0.25) is 19.4 Å². The van der Waals surface area contributed by atoms with E-state index in [0.29, 0.717) is 18.7 Å². The Morgan fingerprint density at radius 3 is 2.39 bits per heavy atom. The minimum absolute atomic E-state index is 0.0485. The molecule has 3 aliphatic rings. The highest BCUT2D eigenvalue weighted by Gasteiger charge is 2.40. The van der Waals surface area contributed by atoms with Crippen molar-refractivity contribution in [3.05, 3.63) is 41.1 Å². The first-order valence-electron chi connectivity index (χ1n) is 13.0. The van der Waals surface area contributed by atoms with Gasteiger partial charge in [-0.1, -0.05) is 39.3 Å². The lowest BCUT2D eigenvalue weighted by molar-refractivity contribution is -0.135. The first kappa shape index (κ1) is 32.1. The summed E-state index contributed by atoms with van der Waals surface area (Å²) < 4.78 is 0. The molecule has 0 bridgehead atoms. The Morgan fingerprint density at radius 1 is 1.24 bits per heavy atom. The van der Waals surface area contributed by atoms with Crippen LogP contribution in [0.1, 0.15) is 71.0 Å². The van der Waals surface area contributed by atoms with Crippen LogP contribution in [0.5, 0.6) is 0 Å². The number of nitrogens with two attached hydrogens (primary N) is 1. The van der Waals surface area contributed by atoms with Gasteiger partial charge in [-0.05, 0) is 62.9 Å². The highest BCUT2D eigenvalue weighted by atomic mass is 16.2. The van der Waals surface area contributed by atoms with Crippen molar-refractivity contribution in [2.45, 2.75) is 72.9 Å². The molecule has 38 heavy (non-hydrogen) atoms. The van der Waals surface area contributed by atoms with Crippen LogP contribution in [0.25, 0.3) is 0 Å². The number of nitrogens with one attached hydrogen (secondary N) is 3. The molecule has 0 radical (unpaired) electrons. The van der Waals surface area contributed by atoms with Crippen LogP contribution in [0, 0.1) is 37.7 Å². The minimum atomic E-state index is -0.216. The number of aryl methyl sites for hydroxylation is 1. The average molecular weight is 523 g/mol. The predicted molar refractivity (Wildman–Crippen MR) is 152 cm³/mol. The number of carbonyl (C=O) groups is 3. The summed E-state index contributed by atoms with van der Waals surface area (Å²) in [5, 5.41) is 7.75. The molecule has 5 N–H and O–H groups in total. The number of fused-ring (bicyclic) bond motifs is 1. The number of benzene rings is 1. The van der Waals surface area contributed by atoms with Crippen molar-refractivity contribution in [1.29, 1.82) is 0 Å². The number of hydrogen-bond acceptors (Lipinski definition) is 6. The maximum Gasteiger partial charge on any atom is 0.272 e. The fourth-order valence-electron chi connectivity index (χ4n) is 3.91. The normalized spacial score (nSPS) is 18.8. The Kier molecular flexibility index (Phi) is 13.5. The Balaban J connectivity index is 0.000000811. The second kappa shape index (κ2) is 16.0. The molecule has 1 aromatic rings. The summed E-state index contributed by atoms with van der Waals surface area (Å²) >= 11 is 0. The molecule has 0 aromatic heterocycles. The van der Waals surface area contributed by atoms with Gasteiger partial charge in [-0.2, -0.15) is 0 Å². The van der Waals surface area contributed by atoms with Crippen LogP contribution in [-0.2, 0) is 14.4 Å². The van der Waals surface area contributed by atoms with Gasteiger partial charge >= 0.3 is 0 Å². The first-order chi connectivity index (χ1) is 18.2. The number of amides is 3. The number of terminal acetylenes is 2. The van der Waals surface area contributed by atoms with E-state index >= 15 is 0 Å². The van der Waals surface area contributed by atoms with Gasteiger partial charge in [0.1, 0.15) is 5.70 Å². The topological polar surface area (TPSA) is 120 Å². The molecule has 3 amide bonds. The number of anilines is 1. The first-order valence-corrected chi connectivity index (χ1v) is 13.0. The van der Waals surface area contributed by atoms with E-state index in [9.17, 15) is 14.4 Å². The van der Waals surface area contributed by atoms with Crippen LogP contribution in [0.15, 0.2) is 30.0 Å². The van der Waals surface area contributed by atoms with Crippen LogP contribution < -0.4 is 21.8 Å². The predicted octanol–water partition coefficient (Wildman–Crippen LogP) is 3.00. The number of nitrogens with zero attached hydrogens (tertiary/aromatic N) is 2. The van der Waals surface area contributed by atoms with Gasteiger partial charge in [0.25, 0.3) is 5.91 Å². The third kappa shape index (κ3) is 8.86. The Labute approximate surface area is 227 Å². The van der Waals surface area contributed by atoms with Crippen LogP contribution in [0.3, 0.4) is 0 Å². The molecule has 2 atom stereocenters. The fourth-order valence-corrected chi connectivity index (χ4v) is 3.91. The van der Waals surface area contributed by atoms with Crippen LogP contribution in [0.4, 0.5) is 5.69 Å². The summed E-state index contributed by atoms with van der Waals surface area (Å²) in [5.41, 5.74) is 11.2. The Bertz CT molecular complexity index is 1070. The maximum atomic E-state index is 13.0. The number of piperazine rings is 1. The van der Waals surface area contributed by atoms with E-state index in [2.05, 4.69) is 40.6 Å². The molecular weight excluding hydrogens is 480 g/mol. The van der Waals surface area contributed by atoms with Gasteiger partial charge in [0.05, 0.1) is 18.8 Å². The minimum Gasteiger partial charge on any atom is -0.360 e. The quantitative estimate of drug-likeness (QED) is 0.337.